The second-order valence-corrected chi connectivity index (χ2v) is 12.2. The van der Waals surface area contributed by atoms with Gasteiger partial charge in [-0.25, -0.2) is 4.79 Å². The van der Waals surface area contributed by atoms with E-state index in [1.54, 1.807) is 11.0 Å². The van der Waals surface area contributed by atoms with Crippen LogP contribution in [0, 0.1) is 0 Å². The van der Waals surface area contributed by atoms with Crippen LogP contribution < -0.4 is 5.32 Å². The van der Waals surface area contributed by atoms with Crippen LogP contribution in [0.15, 0.2) is 42.5 Å². The van der Waals surface area contributed by atoms with Gasteiger partial charge in [0, 0.05) is 37.3 Å². The molecule has 220 valence electrons. The van der Waals surface area contributed by atoms with Gasteiger partial charge < -0.3 is 24.8 Å². The van der Waals surface area contributed by atoms with Crippen molar-refractivity contribution in [2.45, 2.75) is 64.9 Å². The number of benzene rings is 2. The Morgan fingerprint density at radius 1 is 1.02 bits per heavy atom. The summed E-state index contributed by atoms with van der Waals surface area (Å²) in [6.07, 6.45) is -4.92. The molecular formula is C30H41F3N4O3. The van der Waals surface area contributed by atoms with Gasteiger partial charge in [-0.2, -0.15) is 13.2 Å². The van der Waals surface area contributed by atoms with E-state index >= 15 is 0 Å². The minimum absolute atomic E-state index is 0.0500. The van der Waals surface area contributed by atoms with Crippen molar-refractivity contribution in [3.8, 4) is 0 Å². The van der Waals surface area contributed by atoms with Gasteiger partial charge in [-0.05, 0) is 63.7 Å². The van der Waals surface area contributed by atoms with Crippen LogP contribution in [0.1, 0.15) is 56.9 Å². The van der Waals surface area contributed by atoms with Crippen molar-refractivity contribution >= 4 is 17.7 Å². The Bertz CT molecular complexity index is 1210. The van der Waals surface area contributed by atoms with E-state index in [-0.39, 0.29) is 36.5 Å². The van der Waals surface area contributed by atoms with Crippen LogP contribution in [0.5, 0.6) is 0 Å². The smallest absolute Gasteiger partial charge is 0.416 e. The van der Waals surface area contributed by atoms with E-state index in [0.29, 0.717) is 25.3 Å². The summed E-state index contributed by atoms with van der Waals surface area (Å²) in [4.78, 5) is 31.3. The van der Waals surface area contributed by atoms with Crippen molar-refractivity contribution in [2.75, 3.05) is 45.6 Å². The Morgan fingerprint density at radius 2 is 1.70 bits per heavy atom. The standard InChI is InChI=1S/C30H41F3N4O3/c1-28(2,3)40-27(39)37-19-22-24(29(4,5)20-37)13-10-14-25(22)34-17-26(38)36(16-15-35(6)7)18-21-11-8-9-12-23(21)30(31,32)33/h8-14,34H,15-20H2,1-7H3. The number of anilines is 1. The molecule has 10 heteroatoms. The molecule has 2 amide bonds. The molecule has 40 heavy (non-hydrogen) atoms. The first-order chi connectivity index (χ1) is 18.5. The number of nitrogens with zero attached hydrogens (tertiary/aromatic N) is 3. The van der Waals surface area contributed by atoms with Crippen molar-refractivity contribution < 1.29 is 27.5 Å². The fourth-order valence-electron chi connectivity index (χ4n) is 4.86. The van der Waals surface area contributed by atoms with E-state index in [9.17, 15) is 22.8 Å². The molecule has 7 nitrogen and oxygen atoms in total. The molecule has 0 aliphatic carbocycles. The number of amides is 2. The highest BCUT2D eigenvalue weighted by Gasteiger charge is 2.37. The summed E-state index contributed by atoms with van der Waals surface area (Å²) in [6, 6.07) is 11.1. The number of hydrogen-bond donors (Lipinski definition) is 1. The Kier molecular flexibility index (Phi) is 9.44. The Labute approximate surface area is 235 Å². The average molecular weight is 563 g/mol. The Morgan fingerprint density at radius 3 is 2.33 bits per heavy atom. The fourth-order valence-corrected chi connectivity index (χ4v) is 4.86. The lowest BCUT2D eigenvalue weighted by molar-refractivity contribution is -0.139. The lowest BCUT2D eigenvalue weighted by atomic mass is 9.78. The molecule has 1 aliphatic heterocycles. The van der Waals surface area contributed by atoms with Crippen LogP contribution >= 0.6 is 0 Å². The first-order valence-electron chi connectivity index (χ1n) is 13.4. The molecule has 0 unspecified atom stereocenters. The minimum atomic E-state index is -4.51. The number of alkyl halides is 3. The summed E-state index contributed by atoms with van der Waals surface area (Å²) >= 11 is 0. The molecule has 0 atom stereocenters. The van der Waals surface area contributed by atoms with Gasteiger partial charge in [0.05, 0.1) is 18.7 Å². The maximum atomic E-state index is 13.6. The number of hydrogen-bond acceptors (Lipinski definition) is 5. The summed E-state index contributed by atoms with van der Waals surface area (Å²) in [5.41, 5.74) is 0.974. The number of carbonyl (C=O) groups excluding carboxylic acids is 2. The highest BCUT2D eigenvalue weighted by Crippen LogP contribution is 2.37. The van der Waals surface area contributed by atoms with Crippen molar-refractivity contribution in [1.82, 2.24) is 14.7 Å². The van der Waals surface area contributed by atoms with Crippen LogP contribution in [-0.4, -0.2) is 72.6 Å². The van der Waals surface area contributed by atoms with Crippen molar-refractivity contribution in [3.63, 3.8) is 0 Å². The lowest BCUT2D eigenvalue weighted by Gasteiger charge is -2.41. The number of halogens is 3. The quantitative estimate of drug-likeness (QED) is 0.445. The Balaban J connectivity index is 1.82. The maximum absolute atomic E-state index is 13.6. The summed E-state index contributed by atoms with van der Waals surface area (Å²) in [6.45, 7) is 10.9. The van der Waals surface area contributed by atoms with Crippen LogP contribution in [0.2, 0.25) is 0 Å². The average Bonchev–Trinajstić information content (AvgIpc) is 2.83. The third-order valence-corrected chi connectivity index (χ3v) is 6.78. The molecule has 0 fully saturated rings. The number of fused-ring (bicyclic) bond motifs is 1. The number of ether oxygens (including phenoxy) is 1. The summed E-state index contributed by atoms with van der Waals surface area (Å²) in [7, 11) is 3.69. The molecule has 1 aliphatic rings. The molecule has 0 spiro atoms. The van der Waals surface area contributed by atoms with Crippen LogP contribution in [0.4, 0.5) is 23.7 Å². The lowest BCUT2D eigenvalue weighted by Crippen LogP contribution is -2.47. The second kappa shape index (κ2) is 12.1. The summed E-state index contributed by atoms with van der Waals surface area (Å²) in [5, 5.41) is 3.21. The number of nitrogens with one attached hydrogen (secondary N) is 1. The van der Waals surface area contributed by atoms with Gasteiger partial charge in [-0.15, -0.1) is 0 Å². The van der Waals surface area contributed by atoms with Crippen LogP contribution in [0.25, 0.3) is 0 Å². The first kappa shape index (κ1) is 31.3. The van der Waals surface area contributed by atoms with Crippen molar-refractivity contribution in [2.24, 2.45) is 0 Å². The van der Waals surface area contributed by atoms with Crippen LogP contribution in [0.3, 0.4) is 0 Å². The zero-order valence-corrected chi connectivity index (χ0v) is 24.5. The number of rotatable bonds is 8. The monoisotopic (exact) mass is 562 g/mol. The van der Waals surface area contributed by atoms with Gasteiger partial charge in [-0.1, -0.05) is 44.2 Å². The van der Waals surface area contributed by atoms with Gasteiger partial charge in [0.1, 0.15) is 5.60 Å². The predicted octanol–water partition coefficient (Wildman–Crippen LogP) is 5.74. The van der Waals surface area contributed by atoms with Gasteiger partial charge in [-0.3, -0.25) is 4.79 Å². The summed E-state index contributed by atoms with van der Waals surface area (Å²) < 4.78 is 46.5. The molecule has 2 aromatic rings. The molecular weight excluding hydrogens is 521 g/mol. The maximum Gasteiger partial charge on any atom is 0.416 e. The molecule has 0 bridgehead atoms. The van der Waals surface area contributed by atoms with E-state index in [1.807, 2.05) is 58.0 Å². The number of likely N-dealkylation sites (N-methyl/N-ethyl adjacent to an activating group) is 1. The zero-order valence-electron chi connectivity index (χ0n) is 24.5. The van der Waals surface area contributed by atoms with E-state index in [0.717, 1.165) is 17.2 Å². The first-order valence-corrected chi connectivity index (χ1v) is 13.4. The molecule has 0 aromatic heterocycles. The molecule has 0 saturated carbocycles. The third kappa shape index (κ3) is 8.13. The van der Waals surface area contributed by atoms with E-state index in [1.165, 1.54) is 17.0 Å². The molecule has 3 rings (SSSR count). The van der Waals surface area contributed by atoms with E-state index < -0.39 is 23.4 Å². The number of carbonyl (C=O) groups is 2. The largest absolute Gasteiger partial charge is 0.444 e. The van der Waals surface area contributed by atoms with Crippen molar-refractivity contribution in [3.05, 3.63) is 64.7 Å². The molecule has 0 radical (unpaired) electrons. The molecule has 1 heterocycles. The van der Waals surface area contributed by atoms with Gasteiger partial charge >= 0.3 is 12.3 Å². The fraction of sp³-hybridized carbons (Fsp3) is 0.533. The molecule has 2 aromatic carbocycles. The van der Waals surface area contributed by atoms with Crippen LogP contribution in [-0.2, 0) is 34.2 Å². The van der Waals surface area contributed by atoms with Gasteiger partial charge in [0.15, 0.2) is 0 Å². The highest BCUT2D eigenvalue weighted by atomic mass is 19.4. The Hall–Kier alpha value is -3.27. The van der Waals surface area contributed by atoms with Crippen molar-refractivity contribution in [1.29, 1.82) is 0 Å². The van der Waals surface area contributed by atoms with Gasteiger partial charge in [0.2, 0.25) is 5.91 Å². The third-order valence-electron chi connectivity index (χ3n) is 6.78. The van der Waals surface area contributed by atoms with Gasteiger partial charge in [0.25, 0.3) is 0 Å². The van der Waals surface area contributed by atoms with E-state index in [2.05, 4.69) is 19.2 Å². The zero-order chi connectivity index (χ0) is 29.9. The minimum Gasteiger partial charge on any atom is -0.444 e. The highest BCUT2D eigenvalue weighted by molar-refractivity contribution is 5.81. The topological polar surface area (TPSA) is 65.1 Å². The SMILES string of the molecule is CN(C)CCN(Cc1ccccc1C(F)(F)F)C(=O)CNc1cccc2c1CN(C(=O)OC(C)(C)C)CC2(C)C. The second-order valence-electron chi connectivity index (χ2n) is 12.2. The molecule has 0 saturated heterocycles. The molecule has 1 N–H and O–H groups in total. The normalized spacial score (nSPS) is 15.0. The predicted molar refractivity (Wildman–Crippen MR) is 150 cm³/mol. The summed E-state index contributed by atoms with van der Waals surface area (Å²) in [5.74, 6) is -0.324. The van der Waals surface area contributed by atoms with E-state index in [4.69, 9.17) is 4.74 Å².